The quantitative estimate of drug-likeness (QED) is 0.447. The highest BCUT2D eigenvalue weighted by molar-refractivity contribution is 5.90. The third kappa shape index (κ3) is 3.90. The summed E-state index contributed by atoms with van der Waals surface area (Å²) in [7, 11) is 1.52. The van der Waals surface area contributed by atoms with Crippen molar-refractivity contribution in [1.82, 2.24) is 10.6 Å². The molecule has 0 aromatic carbocycles. The van der Waals surface area contributed by atoms with E-state index in [1.54, 1.807) is 6.92 Å². The smallest absolute Gasteiger partial charge is 0.330 e. The molecule has 0 saturated carbocycles. The van der Waals surface area contributed by atoms with Crippen LogP contribution in [-0.2, 0) is 9.63 Å². The van der Waals surface area contributed by atoms with E-state index in [9.17, 15) is 4.79 Å². The molecular weight excluding hydrogens is 210 g/mol. The van der Waals surface area contributed by atoms with Gasteiger partial charge in [0.15, 0.2) is 0 Å². The average Bonchev–Trinajstić information content (AvgIpc) is 2.62. The number of allylic oxidation sites excluding steroid dienone is 1. The van der Waals surface area contributed by atoms with E-state index < -0.39 is 5.97 Å². The predicted octanol–water partition coefficient (Wildman–Crippen LogP) is -0.214. The lowest BCUT2D eigenvalue weighted by Crippen LogP contribution is -2.27. The number of hydrogen-bond acceptors (Lipinski definition) is 5. The molecule has 1 aliphatic heterocycles. The summed E-state index contributed by atoms with van der Waals surface area (Å²) >= 11 is 0. The lowest BCUT2D eigenvalue weighted by molar-refractivity contribution is -0.131. The van der Waals surface area contributed by atoms with E-state index in [2.05, 4.69) is 15.8 Å². The number of carbonyl (C=O) groups is 1. The van der Waals surface area contributed by atoms with E-state index in [4.69, 9.17) is 9.94 Å². The number of carboxylic acids is 1. The summed E-state index contributed by atoms with van der Waals surface area (Å²) in [5, 5.41) is 18.7. The Morgan fingerprint density at radius 3 is 3.19 bits per heavy atom. The van der Waals surface area contributed by atoms with Gasteiger partial charge in [0.2, 0.25) is 0 Å². The van der Waals surface area contributed by atoms with E-state index in [1.807, 2.05) is 0 Å². The molecule has 1 saturated heterocycles. The predicted molar refractivity (Wildman–Crippen MR) is 60.2 cm³/mol. The van der Waals surface area contributed by atoms with Crippen LogP contribution in [0.2, 0.25) is 0 Å². The molecule has 0 spiro atoms. The number of oxime groups is 1. The first-order chi connectivity index (χ1) is 7.63. The van der Waals surface area contributed by atoms with Crippen molar-refractivity contribution in [3.63, 3.8) is 0 Å². The van der Waals surface area contributed by atoms with Gasteiger partial charge in [-0.05, 0) is 6.92 Å². The van der Waals surface area contributed by atoms with Crippen molar-refractivity contribution in [2.75, 3.05) is 26.7 Å². The highest BCUT2D eigenvalue weighted by Crippen LogP contribution is 2.05. The molecule has 1 rings (SSSR count). The van der Waals surface area contributed by atoms with E-state index in [0.29, 0.717) is 12.2 Å². The van der Waals surface area contributed by atoms with Gasteiger partial charge >= 0.3 is 5.97 Å². The van der Waals surface area contributed by atoms with Crippen LogP contribution in [-0.4, -0.2) is 43.5 Å². The lowest BCUT2D eigenvalue weighted by atomic mass is 10.1. The maximum absolute atomic E-state index is 10.4. The van der Waals surface area contributed by atoms with Crippen LogP contribution in [0.5, 0.6) is 0 Å². The Hall–Kier alpha value is -1.56. The summed E-state index contributed by atoms with van der Waals surface area (Å²) < 4.78 is 0. The zero-order chi connectivity index (χ0) is 12.0. The Balaban J connectivity index is 2.43. The fourth-order valence-corrected chi connectivity index (χ4v) is 1.57. The van der Waals surface area contributed by atoms with Crippen molar-refractivity contribution in [2.24, 2.45) is 11.1 Å². The van der Waals surface area contributed by atoms with Crippen LogP contribution in [0.25, 0.3) is 0 Å². The normalized spacial score (nSPS) is 23.5. The minimum atomic E-state index is -0.944. The van der Waals surface area contributed by atoms with Gasteiger partial charge in [0.05, 0.1) is 5.71 Å². The minimum Gasteiger partial charge on any atom is -0.478 e. The molecular formula is C10H17N3O3. The van der Waals surface area contributed by atoms with Crippen molar-refractivity contribution in [2.45, 2.75) is 6.92 Å². The van der Waals surface area contributed by atoms with E-state index >= 15 is 0 Å². The Morgan fingerprint density at radius 1 is 1.81 bits per heavy atom. The first-order valence-corrected chi connectivity index (χ1v) is 5.09. The van der Waals surface area contributed by atoms with Gasteiger partial charge in [-0.15, -0.1) is 0 Å². The molecule has 1 atom stereocenters. The van der Waals surface area contributed by atoms with E-state index in [1.165, 1.54) is 7.11 Å². The molecule has 0 bridgehead atoms. The molecule has 0 aromatic rings. The van der Waals surface area contributed by atoms with Gasteiger partial charge in [-0.2, -0.15) is 0 Å². The molecule has 90 valence electrons. The lowest BCUT2D eigenvalue weighted by Gasteiger charge is -2.11. The SMILES string of the molecule is CO/N=C1\CNCC1CN/C(C)=C\C(=O)O. The van der Waals surface area contributed by atoms with Crippen LogP contribution in [0.1, 0.15) is 6.92 Å². The van der Waals surface area contributed by atoms with Gasteiger partial charge in [-0.25, -0.2) is 4.79 Å². The summed E-state index contributed by atoms with van der Waals surface area (Å²) in [4.78, 5) is 15.1. The molecule has 6 nitrogen and oxygen atoms in total. The molecule has 0 amide bonds. The van der Waals surface area contributed by atoms with Crippen LogP contribution in [0.4, 0.5) is 0 Å². The molecule has 0 aromatic heterocycles. The number of aliphatic carboxylic acids is 1. The summed E-state index contributed by atoms with van der Waals surface area (Å²) in [5.74, 6) is -0.697. The molecule has 1 heterocycles. The van der Waals surface area contributed by atoms with Gasteiger partial charge in [-0.1, -0.05) is 5.16 Å². The number of rotatable bonds is 5. The number of nitrogens with one attached hydrogen (secondary N) is 2. The van der Waals surface area contributed by atoms with Gasteiger partial charge in [0.1, 0.15) is 7.11 Å². The molecule has 1 fully saturated rings. The topological polar surface area (TPSA) is 83.0 Å². The molecule has 1 aliphatic rings. The van der Waals surface area contributed by atoms with Crippen molar-refractivity contribution < 1.29 is 14.7 Å². The zero-order valence-electron chi connectivity index (χ0n) is 9.49. The van der Waals surface area contributed by atoms with Crippen molar-refractivity contribution in [3.8, 4) is 0 Å². The molecule has 3 N–H and O–H groups in total. The fraction of sp³-hybridized carbons (Fsp3) is 0.600. The van der Waals surface area contributed by atoms with Crippen molar-refractivity contribution >= 4 is 11.7 Å². The summed E-state index contributed by atoms with van der Waals surface area (Å²) in [6.07, 6.45) is 1.15. The summed E-state index contributed by atoms with van der Waals surface area (Å²) in [5.41, 5.74) is 1.59. The van der Waals surface area contributed by atoms with Gasteiger partial charge in [-0.3, -0.25) is 0 Å². The summed E-state index contributed by atoms with van der Waals surface area (Å²) in [6.45, 7) is 3.94. The second-order valence-corrected chi connectivity index (χ2v) is 3.64. The van der Waals surface area contributed by atoms with Crippen LogP contribution >= 0.6 is 0 Å². The largest absolute Gasteiger partial charge is 0.478 e. The Morgan fingerprint density at radius 2 is 2.56 bits per heavy atom. The Bertz CT molecular complexity index is 312. The molecule has 1 unspecified atom stereocenters. The first kappa shape index (κ1) is 12.5. The molecule has 0 radical (unpaired) electrons. The van der Waals surface area contributed by atoms with Crippen LogP contribution in [0, 0.1) is 5.92 Å². The number of hydrogen-bond donors (Lipinski definition) is 3. The van der Waals surface area contributed by atoms with Crippen LogP contribution < -0.4 is 10.6 Å². The highest BCUT2D eigenvalue weighted by Gasteiger charge is 2.22. The van der Waals surface area contributed by atoms with E-state index in [0.717, 1.165) is 24.9 Å². The maximum Gasteiger partial charge on any atom is 0.330 e. The zero-order valence-corrected chi connectivity index (χ0v) is 9.49. The second kappa shape index (κ2) is 6.12. The maximum atomic E-state index is 10.4. The fourth-order valence-electron chi connectivity index (χ4n) is 1.57. The number of carboxylic acid groups (broad SMARTS) is 1. The van der Waals surface area contributed by atoms with Crippen molar-refractivity contribution in [1.29, 1.82) is 0 Å². The van der Waals surface area contributed by atoms with Gasteiger partial charge in [0.25, 0.3) is 0 Å². The third-order valence-corrected chi connectivity index (χ3v) is 2.34. The Labute approximate surface area is 94.3 Å². The van der Waals surface area contributed by atoms with E-state index in [-0.39, 0.29) is 5.92 Å². The monoisotopic (exact) mass is 227 g/mol. The third-order valence-electron chi connectivity index (χ3n) is 2.34. The van der Waals surface area contributed by atoms with Gasteiger partial charge in [0, 0.05) is 37.3 Å². The first-order valence-electron chi connectivity index (χ1n) is 5.09. The molecule has 0 aliphatic carbocycles. The number of nitrogens with zero attached hydrogens (tertiary/aromatic N) is 1. The standard InChI is InChI=1S/C10H17N3O3/c1-7(3-10(14)15)12-5-8-4-11-6-9(8)13-16-2/h3,8,11-12H,4-6H2,1-2H3,(H,14,15)/b7-3-,13-9+. The highest BCUT2D eigenvalue weighted by atomic mass is 16.6. The van der Waals surface area contributed by atoms with Crippen LogP contribution in [0.15, 0.2) is 16.9 Å². The van der Waals surface area contributed by atoms with Gasteiger partial charge < -0.3 is 20.6 Å². The van der Waals surface area contributed by atoms with Crippen molar-refractivity contribution in [3.05, 3.63) is 11.8 Å². The minimum absolute atomic E-state index is 0.247. The second-order valence-electron chi connectivity index (χ2n) is 3.64. The average molecular weight is 227 g/mol. The van der Waals surface area contributed by atoms with Crippen LogP contribution in [0.3, 0.4) is 0 Å². The molecule has 16 heavy (non-hydrogen) atoms. The Kier molecular flexibility index (Phi) is 4.78. The molecule has 6 heteroatoms. The summed E-state index contributed by atoms with van der Waals surface area (Å²) in [6, 6.07) is 0.